The summed E-state index contributed by atoms with van der Waals surface area (Å²) in [5.41, 5.74) is -1.04. The zero-order valence-electron chi connectivity index (χ0n) is 22.0. The van der Waals surface area contributed by atoms with E-state index >= 15 is 0 Å². The molecule has 10 heteroatoms. The molecule has 7 nitrogen and oxygen atoms in total. The number of esters is 1. The van der Waals surface area contributed by atoms with Crippen molar-refractivity contribution in [1.82, 2.24) is 15.1 Å². The van der Waals surface area contributed by atoms with Crippen LogP contribution in [0.5, 0.6) is 0 Å². The molecule has 1 N–H and O–H groups in total. The minimum atomic E-state index is -4.56. The monoisotopic (exact) mass is 525 g/mol. The molecule has 3 rings (SSSR count). The zero-order chi connectivity index (χ0) is 27.3. The van der Waals surface area contributed by atoms with E-state index in [0.29, 0.717) is 38.1 Å². The number of carbonyl (C=O) groups excluding carboxylic acids is 3. The molecule has 37 heavy (non-hydrogen) atoms. The number of halogens is 3. The fourth-order valence-corrected chi connectivity index (χ4v) is 5.52. The molecule has 0 radical (unpaired) electrons. The number of carbonyl (C=O) groups is 3. The molecule has 0 bridgehead atoms. The first-order chi connectivity index (χ1) is 17.4. The van der Waals surface area contributed by atoms with Crippen molar-refractivity contribution in [1.29, 1.82) is 0 Å². The normalized spacial score (nSPS) is 24.6. The summed E-state index contributed by atoms with van der Waals surface area (Å²) in [7, 11) is 2.10. The highest BCUT2D eigenvalue weighted by Gasteiger charge is 2.43. The molecule has 2 fully saturated rings. The molecule has 1 aliphatic heterocycles. The minimum Gasteiger partial charge on any atom is -0.466 e. The SMILES string of the molecule is CCOC(=O)CCC1C[C@H](N(C)C(C)C)CC[C@@H]1N1CC[C@H](NC(=O)c2cccc(C(F)(F)F)c2)C1=O. The predicted octanol–water partition coefficient (Wildman–Crippen LogP) is 4.26. The van der Waals surface area contributed by atoms with Gasteiger partial charge in [-0.2, -0.15) is 13.2 Å². The summed E-state index contributed by atoms with van der Waals surface area (Å²) >= 11 is 0. The molecular formula is C27H38F3N3O4. The molecule has 0 spiro atoms. The maximum Gasteiger partial charge on any atom is 0.416 e. The Morgan fingerprint density at radius 2 is 1.95 bits per heavy atom. The Kier molecular flexibility index (Phi) is 9.61. The van der Waals surface area contributed by atoms with Gasteiger partial charge in [-0.05, 0) is 84.0 Å². The summed E-state index contributed by atoms with van der Waals surface area (Å²) in [5, 5.41) is 2.64. The first-order valence-electron chi connectivity index (χ1n) is 13.1. The average molecular weight is 526 g/mol. The van der Waals surface area contributed by atoms with Crippen molar-refractivity contribution in [3.05, 3.63) is 35.4 Å². The van der Waals surface area contributed by atoms with Gasteiger partial charge in [0.1, 0.15) is 6.04 Å². The fourth-order valence-electron chi connectivity index (χ4n) is 5.52. The van der Waals surface area contributed by atoms with E-state index in [-0.39, 0.29) is 35.8 Å². The Bertz CT molecular complexity index is 968. The summed E-state index contributed by atoms with van der Waals surface area (Å²) in [6.07, 6.45) is -0.724. The molecule has 1 heterocycles. The van der Waals surface area contributed by atoms with Crippen molar-refractivity contribution in [2.75, 3.05) is 20.2 Å². The smallest absolute Gasteiger partial charge is 0.416 e. The van der Waals surface area contributed by atoms with Gasteiger partial charge in [0.15, 0.2) is 0 Å². The summed E-state index contributed by atoms with van der Waals surface area (Å²) in [6.45, 7) is 6.83. The number of nitrogens with zero attached hydrogens (tertiary/aromatic N) is 2. The van der Waals surface area contributed by atoms with Crippen LogP contribution in [0.1, 0.15) is 75.2 Å². The van der Waals surface area contributed by atoms with E-state index < -0.39 is 23.7 Å². The predicted molar refractivity (Wildman–Crippen MR) is 133 cm³/mol. The van der Waals surface area contributed by atoms with Crippen LogP contribution in [0.3, 0.4) is 0 Å². The minimum absolute atomic E-state index is 0.0609. The number of alkyl halides is 3. The van der Waals surface area contributed by atoms with Crippen molar-refractivity contribution in [3.8, 4) is 0 Å². The van der Waals surface area contributed by atoms with Crippen LogP contribution < -0.4 is 5.32 Å². The van der Waals surface area contributed by atoms with Gasteiger partial charge in [-0.3, -0.25) is 14.4 Å². The van der Waals surface area contributed by atoms with E-state index in [1.165, 1.54) is 12.1 Å². The lowest BCUT2D eigenvalue weighted by Crippen LogP contribution is -2.51. The van der Waals surface area contributed by atoms with Crippen LogP contribution in [0.2, 0.25) is 0 Å². The molecule has 2 aliphatic rings. The molecule has 1 saturated carbocycles. The van der Waals surface area contributed by atoms with Gasteiger partial charge in [0.25, 0.3) is 5.91 Å². The number of nitrogens with one attached hydrogen (secondary N) is 1. The number of ether oxygens (including phenoxy) is 1. The zero-order valence-corrected chi connectivity index (χ0v) is 22.0. The van der Waals surface area contributed by atoms with Gasteiger partial charge >= 0.3 is 12.1 Å². The number of rotatable bonds is 9. The molecule has 2 amide bonds. The number of benzene rings is 1. The molecule has 1 saturated heterocycles. The molecule has 1 aromatic carbocycles. The lowest BCUT2D eigenvalue weighted by Gasteiger charge is -2.44. The summed E-state index contributed by atoms with van der Waals surface area (Å²) in [5.74, 6) is -1.07. The van der Waals surface area contributed by atoms with E-state index in [1.54, 1.807) is 11.8 Å². The molecule has 4 atom stereocenters. The van der Waals surface area contributed by atoms with Crippen molar-refractivity contribution >= 4 is 17.8 Å². The van der Waals surface area contributed by atoms with Crippen LogP contribution in [0.25, 0.3) is 0 Å². The van der Waals surface area contributed by atoms with E-state index in [0.717, 1.165) is 31.4 Å². The lowest BCUT2D eigenvalue weighted by molar-refractivity contribution is -0.143. The van der Waals surface area contributed by atoms with Crippen LogP contribution >= 0.6 is 0 Å². The summed E-state index contributed by atoms with van der Waals surface area (Å²) in [6, 6.07) is 4.06. The maximum atomic E-state index is 13.3. The van der Waals surface area contributed by atoms with E-state index in [9.17, 15) is 27.6 Å². The third kappa shape index (κ3) is 7.24. The molecular weight excluding hydrogens is 487 g/mol. The number of amides is 2. The topological polar surface area (TPSA) is 79.0 Å². The number of hydrogen-bond acceptors (Lipinski definition) is 5. The first-order valence-corrected chi connectivity index (χ1v) is 13.1. The Labute approximate surface area is 216 Å². The fraction of sp³-hybridized carbons (Fsp3) is 0.667. The van der Waals surface area contributed by atoms with E-state index in [1.807, 2.05) is 0 Å². The second-order valence-electron chi connectivity index (χ2n) is 10.3. The maximum absolute atomic E-state index is 13.3. The van der Waals surface area contributed by atoms with Gasteiger partial charge in [0, 0.05) is 36.7 Å². The van der Waals surface area contributed by atoms with Crippen LogP contribution in [0.15, 0.2) is 24.3 Å². The van der Waals surface area contributed by atoms with Crippen molar-refractivity contribution in [2.24, 2.45) is 5.92 Å². The Morgan fingerprint density at radius 1 is 1.22 bits per heavy atom. The first kappa shape index (κ1) is 28.9. The highest BCUT2D eigenvalue weighted by molar-refractivity contribution is 5.98. The van der Waals surface area contributed by atoms with Crippen molar-refractivity contribution in [2.45, 2.75) is 89.6 Å². The highest BCUT2D eigenvalue weighted by atomic mass is 19.4. The van der Waals surface area contributed by atoms with Crippen LogP contribution in [0, 0.1) is 5.92 Å². The van der Waals surface area contributed by atoms with Crippen molar-refractivity contribution in [3.63, 3.8) is 0 Å². The van der Waals surface area contributed by atoms with Crippen LogP contribution in [-0.2, 0) is 20.5 Å². The Morgan fingerprint density at radius 3 is 2.59 bits per heavy atom. The number of hydrogen-bond donors (Lipinski definition) is 1. The molecule has 0 aromatic heterocycles. The van der Waals surface area contributed by atoms with Gasteiger partial charge in [-0.25, -0.2) is 0 Å². The van der Waals surface area contributed by atoms with E-state index in [2.05, 4.69) is 31.1 Å². The summed E-state index contributed by atoms with van der Waals surface area (Å²) in [4.78, 5) is 42.2. The Hall–Kier alpha value is -2.62. The highest BCUT2D eigenvalue weighted by Crippen LogP contribution is 2.36. The molecule has 1 aromatic rings. The third-order valence-corrected chi connectivity index (χ3v) is 7.73. The van der Waals surface area contributed by atoms with Gasteiger partial charge < -0.3 is 19.9 Å². The lowest BCUT2D eigenvalue weighted by atomic mass is 9.77. The largest absolute Gasteiger partial charge is 0.466 e. The van der Waals surface area contributed by atoms with Crippen molar-refractivity contribution < 1.29 is 32.3 Å². The quantitative estimate of drug-likeness (QED) is 0.488. The average Bonchev–Trinajstić information content (AvgIpc) is 3.21. The van der Waals surface area contributed by atoms with Gasteiger partial charge in [-0.15, -0.1) is 0 Å². The van der Waals surface area contributed by atoms with Crippen LogP contribution in [0.4, 0.5) is 13.2 Å². The van der Waals surface area contributed by atoms with Gasteiger partial charge in [0.2, 0.25) is 5.91 Å². The third-order valence-electron chi connectivity index (χ3n) is 7.73. The standard InChI is InChI=1S/C27H38F3N3O4/c1-5-37-24(34)12-9-18-16-21(32(4)17(2)3)10-11-23(18)33-14-13-22(26(33)36)31-25(35)19-7-6-8-20(15-19)27(28,29)30/h6-8,15,17-18,21-23H,5,9-14,16H2,1-4H3,(H,31,35)/t18?,21-,22+,23+/m1/s1. The second kappa shape index (κ2) is 12.3. The molecule has 206 valence electrons. The van der Waals surface area contributed by atoms with Crippen LogP contribution in [-0.4, -0.2) is 72.0 Å². The van der Waals surface area contributed by atoms with Gasteiger partial charge in [-0.1, -0.05) is 6.07 Å². The molecule has 1 unspecified atom stereocenters. The Balaban J connectivity index is 1.69. The number of likely N-dealkylation sites (tertiary alicyclic amines) is 1. The van der Waals surface area contributed by atoms with Gasteiger partial charge in [0.05, 0.1) is 12.2 Å². The summed E-state index contributed by atoms with van der Waals surface area (Å²) < 4.78 is 44.2. The molecule has 1 aliphatic carbocycles. The second-order valence-corrected chi connectivity index (χ2v) is 10.3. The van der Waals surface area contributed by atoms with E-state index in [4.69, 9.17) is 4.74 Å².